The molecule has 0 saturated carbocycles. The van der Waals surface area contributed by atoms with Crippen LogP contribution in [0, 0.1) is 6.92 Å². The summed E-state index contributed by atoms with van der Waals surface area (Å²) in [5.41, 5.74) is 2.54. The first kappa shape index (κ1) is 12.7. The van der Waals surface area contributed by atoms with Crippen LogP contribution >= 0.6 is 0 Å². The zero-order valence-corrected chi connectivity index (χ0v) is 9.95. The van der Waals surface area contributed by atoms with E-state index in [0.717, 1.165) is 19.5 Å². The third-order valence-corrected chi connectivity index (χ3v) is 2.41. The fourth-order valence-corrected chi connectivity index (χ4v) is 1.40. The lowest BCUT2D eigenvalue weighted by Gasteiger charge is -2.04. The number of ether oxygens (including phenoxy) is 1. The number of benzene rings is 1. The molecule has 0 bridgehead atoms. The fourth-order valence-electron chi connectivity index (χ4n) is 1.40. The van der Waals surface area contributed by atoms with Gasteiger partial charge in [0.1, 0.15) is 0 Å². The first-order valence-electron chi connectivity index (χ1n) is 5.55. The van der Waals surface area contributed by atoms with Crippen LogP contribution in [0.15, 0.2) is 24.3 Å². The van der Waals surface area contributed by atoms with E-state index in [4.69, 9.17) is 0 Å². The zero-order valence-electron chi connectivity index (χ0n) is 9.95. The highest BCUT2D eigenvalue weighted by Crippen LogP contribution is 2.02. The van der Waals surface area contributed by atoms with Crippen molar-refractivity contribution in [2.75, 3.05) is 13.7 Å². The fraction of sp³-hybridized carbons (Fsp3) is 0.462. The molecule has 0 aliphatic rings. The predicted molar refractivity (Wildman–Crippen MR) is 64.1 cm³/mol. The molecule has 1 aromatic carbocycles. The van der Waals surface area contributed by atoms with E-state index in [1.807, 2.05) is 0 Å². The lowest BCUT2D eigenvalue weighted by Crippen LogP contribution is -2.16. The summed E-state index contributed by atoms with van der Waals surface area (Å²) in [6.07, 6.45) is 1.30. The minimum atomic E-state index is -0.142. The Kier molecular flexibility index (Phi) is 5.57. The van der Waals surface area contributed by atoms with Crippen LogP contribution in [0.2, 0.25) is 0 Å². The molecule has 1 aromatic rings. The lowest BCUT2D eigenvalue weighted by atomic mass is 10.1. The van der Waals surface area contributed by atoms with Crippen molar-refractivity contribution in [3.63, 3.8) is 0 Å². The molecule has 0 spiro atoms. The van der Waals surface area contributed by atoms with E-state index in [-0.39, 0.29) is 5.97 Å². The summed E-state index contributed by atoms with van der Waals surface area (Å²) in [5.74, 6) is -0.142. The van der Waals surface area contributed by atoms with Gasteiger partial charge in [-0.1, -0.05) is 29.8 Å². The summed E-state index contributed by atoms with van der Waals surface area (Å²) in [6, 6.07) is 8.43. The molecular formula is C13H19NO2. The highest BCUT2D eigenvalue weighted by molar-refractivity contribution is 5.69. The van der Waals surface area contributed by atoms with Crippen LogP contribution in [0.3, 0.4) is 0 Å². The molecule has 0 saturated heterocycles. The summed E-state index contributed by atoms with van der Waals surface area (Å²) < 4.78 is 4.56. The number of hydrogen-bond acceptors (Lipinski definition) is 3. The zero-order chi connectivity index (χ0) is 11.8. The minimum absolute atomic E-state index is 0.142. The van der Waals surface area contributed by atoms with Gasteiger partial charge in [0.15, 0.2) is 0 Å². The number of carbonyl (C=O) groups is 1. The molecule has 3 heteroatoms. The minimum Gasteiger partial charge on any atom is -0.469 e. The first-order chi connectivity index (χ1) is 7.72. The van der Waals surface area contributed by atoms with E-state index < -0.39 is 0 Å². The molecule has 1 rings (SSSR count). The van der Waals surface area contributed by atoms with Crippen LogP contribution in [0.5, 0.6) is 0 Å². The van der Waals surface area contributed by atoms with E-state index in [1.165, 1.54) is 18.2 Å². The van der Waals surface area contributed by atoms with E-state index in [2.05, 4.69) is 41.2 Å². The molecule has 0 aliphatic carbocycles. The van der Waals surface area contributed by atoms with Gasteiger partial charge in [-0.25, -0.2) is 0 Å². The predicted octanol–water partition coefficient (Wildman–Crippen LogP) is 2.04. The summed E-state index contributed by atoms with van der Waals surface area (Å²) in [7, 11) is 1.42. The standard InChI is InChI=1S/C13H19NO2/c1-11-5-7-12(8-6-11)10-14-9-3-4-13(15)16-2/h5-8,14H,3-4,9-10H2,1-2H3. The van der Waals surface area contributed by atoms with Crippen LogP contribution in [-0.4, -0.2) is 19.6 Å². The topological polar surface area (TPSA) is 38.3 Å². The van der Waals surface area contributed by atoms with Gasteiger partial charge in [0, 0.05) is 13.0 Å². The van der Waals surface area contributed by atoms with Crippen molar-refractivity contribution < 1.29 is 9.53 Å². The van der Waals surface area contributed by atoms with Gasteiger partial charge < -0.3 is 10.1 Å². The van der Waals surface area contributed by atoms with E-state index >= 15 is 0 Å². The maximum absolute atomic E-state index is 10.8. The SMILES string of the molecule is COC(=O)CCCNCc1ccc(C)cc1. The number of nitrogens with one attached hydrogen (secondary N) is 1. The Bertz CT molecular complexity index is 319. The molecule has 3 nitrogen and oxygen atoms in total. The van der Waals surface area contributed by atoms with Crippen molar-refractivity contribution in [3.05, 3.63) is 35.4 Å². The van der Waals surface area contributed by atoms with Gasteiger partial charge >= 0.3 is 5.97 Å². The average Bonchev–Trinajstić information content (AvgIpc) is 2.31. The first-order valence-corrected chi connectivity index (χ1v) is 5.55. The van der Waals surface area contributed by atoms with Gasteiger partial charge in [-0.05, 0) is 25.5 Å². The van der Waals surface area contributed by atoms with Gasteiger partial charge in [0.05, 0.1) is 7.11 Å². The Labute approximate surface area is 96.8 Å². The Balaban J connectivity index is 2.11. The maximum Gasteiger partial charge on any atom is 0.305 e. The normalized spacial score (nSPS) is 10.1. The molecule has 0 atom stereocenters. The number of rotatable bonds is 6. The van der Waals surface area contributed by atoms with Crippen LogP contribution in [0.25, 0.3) is 0 Å². The van der Waals surface area contributed by atoms with Crippen LogP contribution in [0.1, 0.15) is 24.0 Å². The van der Waals surface area contributed by atoms with Gasteiger partial charge in [-0.3, -0.25) is 4.79 Å². The lowest BCUT2D eigenvalue weighted by molar-refractivity contribution is -0.140. The Morgan fingerprint density at radius 1 is 1.31 bits per heavy atom. The molecule has 0 amide bonds. The average molecular weight is 221 g/mol. The van der Waals surface area contributed by atoms with E-state index in [9.17, 15) is 4.79 Å². The Morgan fingerprint density at radius 2 is 2.00 bits per heavy atom. The summed E-state index contributed by atoms with van der Waals surface area (Å²) in [6.45, 7) is 3.76. The highest BCUT2D eigenvalue weighted by Gasteiger charge is 1.98. The Morgan fingerprint density at radius 3 is 2.62 bits per heavy atom. The number of carbonyl (C=O) groups excluding carboxylic acids is 1. The van der Waals surface area contributed by atoms with Gasteiger partial charge in [0.2, 0.25) is 0 Å². The van der Waals surface area contributed by atoms with Crippen LogP contribution in [0.4, 0.5) is 0 Å². The number of esters is 1. The van der Waals surface area contributed by atoms with Crippen molar-refractivity contribution >= 4 is 5.97 Å². The number of aryl methyl sites for hydroxylation is 1. The van der Waals surface area contributed by atoms with Gasteiger partial charge in [0.25, 0.3) is 0 Å². The summed E-state index contributed by atoms with van der Waals surface area (Å²) in [5, 5.41) is 3.29. The van der Waals surface area contributed by atoms with Crippen molar-refractivity contribution in [3.8, 4) is 0 Å². The smallest absolute Gasteiger partial charge is 0.305 e. The summed E-state index contributed by atoms with van der Waals surface area (Å²) in [4.78, 5) is 10.8. The number of hydrogen-bond donors (Lipinski definition) is 1. The molecule has 0 aromatic heterocycles. The summed E-state index contributed by atoms with van der Waals surface area (Å²) >= 11 is 0. The third-order valence-electron chi connectivity index (χ3n) is 2.41. The second kappa shape index (κ2) is 7.01. The third kappa shape index (κ3) is 4.94. The van der Waals surface area contributed by atoms with Crippen molar-refractivity contribution in [2.45, 2.75) is 26.3 Å². The van der Waals surface area contributed by atoms with Crippen molar-refractivity contribution in [1.29, 1.82) is 0 Å². The second-order valence-corrected chi connectivity index (χ2v) is 3.84. The number of methoxy groups -OCH3 is 1. The maximum atomic E-state index is 10.8. The largest absolute Gasteiger partial charge is 0.469 e. The van der Waals surface area contributed by atoms with Crippen molar-refractivity contribution in [2.24, 2.45) is 0 Å². The molecule has 0 heterocycles. The molecule has 88 valence electrons. The quantitative estimate of drug-likeness (QED) is 0.590. The Hall–Kier alpha value is -1.35. The van der Waals surface area contributed by atoms with Crippen molar-refractivity contribution in [1.82, 2.24) is 5.32 Å². The molecule has 0 radical (unpaired) electrons. The van der Waals surface area contributed by atoms with Crippen LogP contribution < -0.4 is 5.32 Å². The molecule has 16 heavy (non-hydrogen) atoms. The molecular weight excluding hydrogens is 202 g/mol. The van der Waals surface area contributed by atoms with Gasteiger partial charge in [-0.15, -0.1) is 0 Å². The second-order valence-electron chi connectivity index (χ2n) is 3.84. The monoisotopic (exact) mass is 221 g/mol. The molecule has 0 unspecified atom stereocenters. The van der Waals surface area contributed by atoms with E-state index in [0.29, 0.717) is 6.42 Å². The highest BCUT2D eigenvalue weighted by atomic mass is 16.5. The molecule has 1 N–H and O–H groups in total. The molecule has 0 aliphatic heterocycles. The van der Waals surface area contributed by atoms with Crippen LogP contribution in [-0.2, 0) is 16.1 Å². The van der Waals surface area contributed by atoms with E-state index in [1.54, 1.807) is 0 Å². The molecule has 0 fully saturated rings. The van der Waals surface area contributed by atoms with Gasteiger partial charge in [-0.2, -0.15) is 0 Å².